The van der Waals surface area contributed by atoms with Crippen molar-refractivity contribution in [2.24, 2.45) is 17.8 Å². The van der Waals surface area contributed by atoms with Crippen LogP contribution in [0.1, 0.15) is 80.9 Å². The molecule has 5 aliphatic carbocycles. The fraction of sp³-hybridized carbons (Fsp3) is 0.500. The normalized spacial score (nSPS) is 25.0. The molecular weight excluding hydrogens is 689 g/mol. The van der Waals surface area contributed by atoms with Gasteiger partial charge in [0, 0.05) is 29.1 Å². The fourth-order valence-electron chi connectivity index (χ4n) is 9.81. The van der Waals surface area contributed by atoms with E-state index in [9.17, 15) is 18.0 Å². The van der Waals surface area contributed by atoms with E-state index in [4.69, 9.17) is 23.2 Å². The first kappa shape index (κ1) is 35.3. The lowest BCUT2D eigenvalue weighted by atomic mass is 9.48. The van der Waals surface area contributed by atoms with E-state index in [0.717, 1.165) is 55.3 Å². The number of nitrogens with one attached hydrogen (secondary N) is 1. The van der Waals surface area contributed by atoms with Crippen molar-refractivity contribution in [1.29, 1.82) is 0 Å². The number of carbonyl (C=O) groups excluding carboxylic acids is 2. The van der Waals surface area contributed by atoms with Crippen LogP contribution in [0.4, 0.5) is 5.69 Å². The molecule has 0 saturated heterocycles. The zero-order valence-corrected chi connectivity index (χ0v) is 31.0. The van der Waals surface area contributed by atoms with Gasteiger partial charge in [0.25, 0.3) is 0 Å². The van der Waals surface area contributed by atoms with Gasteiger partial charge < -0.3 is 10.2 Å². The number of anilines is 1. The number of benzene rings is 3. The van der Waals surface area contributed by atoms with Gasteiger partial charge in [0.05, 0.1) is 11.9 Å². The van der Waals surface area contributed by atoms with E-state index < -0.39 is 28.5 Å². The summed E-state index contributed by atoms with van der Waals surface area (Å²) in [5, 5.41) is 4.02. The molecule has 3 aromatic carbocycles. The second-order valence-electron chi connectivity index (χ2n) is 15.5. The molecule has 3 aromatic rings. The molecule has 50 heavy (non-hydrogen) atoms. The molecule has 5 fully saturated rings. The molecule has 0 aliphatic heterocycles. The van der Waals surface area contributed by atoms with Crippen molar-refractivity contribution < 1.29 is 18.0 Å². The van der Waals surface area contributed by atoms with E-state index in [1.54, 1.807) is 18.2 Å². The van der Waals surface area contributed by atoms with Crippen LogP contribution in [0.25, 0.3) is 0 Å². The molecule has 0 radical (unpaired) electrons. The van der Waals surface area contributed by atoms with Crippen LogP contribution >= 0.6 is 23.2 Å². The van der Waals surface area contributed by atoms with Gasteiger partial charge in [-0.1, -0.05) is 84.6 Å². The maximum atomic E-state index is 14.6. The van der Waals surface area contributed by atoms with Crippen LogP contribution in [-0.4, -0.2) is 50.0 Å². The van der Waals surface area contributed by atoms with Gasteiger partial charge in [-0.05, 0) is 115 Å². The van der Waals surface area contributed by atoms with Crippen molar-refractivity contribution >= 4 is 50.7 Å². The summed E-state index contributed by atoms with van der Waals surface area (Å²) in [7, 11) is -3.87. The van der Waals surface area contributed by atoms with Crippen molar-refractivity contribution in [2.75, 3.05) is 17.1 Å². The zero-order chi connectivity index (χ0) is 35.0. The summed E-state index contributed by atoms with van der Waals surface area (Å²) < 4.78 is 28.0. The van der Waals surface area contributed by atoms with Crippen molar-refractivity contribution in [1.82, 2.24) is 10.2 Å². The lowest BCUT2D eigenvalue weighted by Crippen LogP contribution is -2.54. The SMILES string of the molecule is CS(=O)(=O)N(CC(=O)N(Cc1ccc(Cl)cc1Cl)[C@@H](Cc1ccccc1)C(=O)NC1CCCC1)c1ccc(C23CC4CC(CC(C4)C2)C3)cc1. The first-order valence-corrected chi connectivity index (χ1v) is 20.7. The molecule has 5 aliphatic rings. The minimum atomic E-state index is -3.87. The molecule has 1 N–H and O–H groups in total. The highest BCUT2D eigenvalue weighted by Gasteiger charge is 2.51. The topological polar surface area (TPSA) is 86.8 Å². The number of hydrogen-bond acceptors (Lipinski definition) is 4. The summed E-state index contributed by atoms with van der Waals surface area (Å²) in [6, 6.07) is 21.7. The third-order valence-corrected chi connectivity index (χ3v) is 13.5. The average molecular weight is 737 g/mol. The maximum Gasteiger partial charge on any atom is 0.244 e. The first-order valence-electron chi connectivity index (χ1n) is 18.1. The zero-order valence-electron chi connectivity index (χ0n) is 28.7. The van der Waals surface area contributed by atoms with E-state index in [0.29, 0.717) is 21.3 Å². The number of halogens is 2. The van der Waals surface area contributed by atoms with Crippen molar-refractivity contribution in [3.05, 3.63) is 99.5 Å². The van der Waals surface area contributed by atoms with Crippen molar-refractivity contribution in [3.63, 3.8) is 0 Å². The van der Waals surface area contributed by atoms with Crippen LogP contribution < -0.4 is 9.62 Å². The molecular formula is C40H47Cl2N3O4S. The predicted octanol–water partition coefficient (Wildman–Crippen LogP) is 7.93. The van der Waals surface area contributed by atoms with Gasteiger partial charge in [-0.2, -0.15) is 0 Å². The minimum absolute atomic E-state index is 0.00693. The Kier molecular flexibility index (Phi) is 10.3. The van der Waals surface area contributed by atoms with Gasteiger partial charge in [0.2, 0.25) is 21.8 Å². The number of amides is 2. The van der Waals surface area contributed by atoms with Crippen LogP contribution in [0.15, 0.2) is 72.8 Å². The lowest BCUT2D eigenvalue weighted by molar-refractivity contribution is -0.140. The van der Waals surface area contributed by atoms with Crippen LogP contribution in [0.5, 0.6) is 0 Å². The van der Waals surface area contributed by atoms with Crippen LogP contribution in [0, 0.1) is 17.8 Å². The van der Waals surface area contributed by atoms with Gasteiger partial charge in [-0.25, -0.2) is 8.42 Å². The number of hydrogen-bond donors (Lipinski definition) is 1. The highest BCUT2D eigenvalue weighted by molar-refractivity contribution is 7.92. The number of sulfonamides is 1. The Hall–Kier alpha value is -3.07. The van der Waals surface area contributed by atoms with Crippen LogP contribution in [0.2, 0.25) is 10.0 Å². The van der Waals surface area contributed by atoms with Crippen molar-refractivity contribution in [2.45, 2.75) is 94.7 Å². The Labute approximate surface area is 306 Å². The molecule has 0 aromatic heterocycles. The minimum Gasteiger partial charge on any atom is -0.352 e. The highest BCUT2D eigenvalue weighted by atomic mass is 35.5. The van der Waals surface area contributed by atoms with Crippen molar-refractivity contribution in [3.8, 4) is 0 Å². The molecule has 7 nitrogen and oxygen atoms in total. The summed E-state index contributed by atoms with van der Waals surface area (Å²) in [5.74, 6) is 1.63. The molecule has 0 unspecified atom stereocenters. The standard InChI is InChI=1S/C40H47Cl2N3O4S/c1-50(48,49)45(35-15-12-32(13-16-35)40-22-28-17-29(23-40)19-30(18-28)24-40)26-38(46)44(25-31-11-14-33(41)21-36(31)42)37(20-27-7-3-2-4-8-27)39(47)43-34-9-5-6-10-34/h2-4,7-8,11-16,21,28-30,34,37H,5-6,9-10,17-20,22-26H2,1H3,(H,43,47)/t28?,29?,30?,37-,40?/m0/s1. The van der Waals surface area contributed by atoms with Gasteiger partial charge in [-0.3, -0.25) is 13.9 Å². The van der Waals surface area contributed by atoms with E-state index in [-0.39, 0.29) is 30.3 Å². The molecule has 2 amide bonds. The fourth-order valence-corrected chi connectivity index (χ4v) is 11.1. The number of rotatable bonds is 12. The third-order valence-electron chi connectivity index (χ3n) is 11.8. The summed E-state index contributed by atoms with van der Waals surface area (Å²) >= 11 is 12.8. The van der Waals surface area contributed by atoms with E-state index in [1.165, 1.54) is 53.3 Å². The Morgan fingerprint density at radius 2 is 1.50 bits per heavy atom. The summed E-state index contributed by atoms with van der Waals surface area (Å²) in [6.45, 7) is -0.449. The van der Waals surface area contributed by atoms with Gasteiger partial charge in [0.15, 0.2) is 0 Å². The molecule has 0 heterocycles. The predicted molar refractivity (Wildman–Crippen MR) is 200 cm³/mol. The van der Waals surface area contributed by atoms with Gasteiger partial charge in [0.1, 0.15) is 12.6 Å². The number of carbonyl (C=O) groups is 2. The Bertz CT molecular complexity index is 1780. The van der Waals surface area contributed by atoms with Gasteiger partial charge in [-0.15, -0.1) is 0 Å². The smallest absolute Gasteiger partial charge is 0.244 e. The second kappa shape index (κ2) is 14.5. The Balaban J connectivity index is 1.20. The maximum absolute atomic E-state index is 14.6. The third kappa shape index (κ3) is 7.73. The molecule has 1 atom stereocenters. The second-order valence-corrected chi connectivity index (χ2v) is 18.2. The average Bonchev–Trinajstić information content (AvgIpc) is 3.58. The summed E-state index contributed by atoms with van der Waals surface area (Å²) in [4.78, 5) is 30.2. The van der Waals surface area contributed by atoms with Crippen LogP contribution in [-0.2, 0) is 38.0 Å². The molecule has 0 spiro atoms. The summed E-state index contributed by atoms with van der Waals surface area (Å²) in [6.07, 6.45) is 12.9. The monoisotopic (exact) mass is 735 g/mol. The van der Waals surface area contributed by atoms with E-state index >= 15 is 0 Å². The van der Waals surface area contributed by atoms with Crippen LogP contribution in [0.3, 0.4) is 0 Å². The van der Waals surface area contributed by atoms with E-state index in [2.05, 4.69) is 17.4 Å². The first-order chi connectivity index (χ1) is 24.0. The molecule has 5 saturated carbocycles. The van der Waals surface area contributed by atoms with Gasteiger partial charge >= 0.3 is 0 Å². The summed E-state index contributed by atoms with van der Waals surface area (Å²) in [5.41, 5.74) is 3.39. The van der Waals surface area contributed by atoms with E-state index in [1.807, 2.05) is 42.5 Å². The molecule has 4 bridgehead atoms. The molecule has 10 heteroatoms. The number of nitrogens with zero attached hydrogens (tertiary/aromatic N) is 2. The Morgan fingerprint density at radius 3 is 2.08 bits per heavy atom. The largest absolute Gasteiger partial charge is 0.352 e. The quantitative estimate of drug-likeness (QED) is 0.205. The lowest BCUT2D eigenvalue weighted by Gasteiger charge is -2.57. The Morgan fingerprint density at radius 1 is 0.880 bits per heavy atom. The molecule has 266 valence electrons. The highest BCUT2D eigenvalue weighted by Crippen LogP contribution is 2.60. The molecule has 8 rings (SSSR count).